The zero-order valence-electron chi connectivity index (χ0n) is 20.2. The molecule has 0 atom stereocenters. The monoisotopic (exact) mass is 600 g/mol. The number of alkyl halides is 12. The molecule has 0 amide bonds. The molecule has 0 aliphatic rings. The Morgan fingerprint density at radius 3 is 1.20 bits per heavy atom. The van der Waals surface area contributed by atoms with Crippen LogP contribution in [0.4, 0.5) is 64.1 Å². The molecule has 0 radical (unpaired) electrons. The van der Waals surface area contributed by atoms with E-state index < -0.39 is 58.3 Å². The van der Waals surface area contributed by atoms with Crippen LogP contribution in [-0.2, 0) is 24.7 Å². The van der Waals surface area contributed by atoms with Crippen LogP contribution < -0.4 is 10.6 Å². The molecule has 0 saturated carbocycles. The second-order valence-electron chi connectivity index (χ2n) is 8.71. The highest BCUT2D eigenvalue weighted by Crippen LogP contribution is 2.40. The normalized spacial score (nSPS) is 13.2. The van der Waals surface area contributed by atoms with Crippen molar-refractivity contribution in [2.24, 2.45) is 0 Å². The summed E-state index contributed by atoms with van der Waals surface area (Å²) in [4.78, 5) is 6.33. The average molecular weight is 600 g/mol. The van der Waals surface area contributed by atoms with Gasteiger partial charge in [-0.25, -0.2) is 9.97 Å². The molecule has 0 bridgehead atoms. The third-order valence-electron chi connectivity index (χ3n) is 5.86. The van der Waals surface area contributed by atoms with E-state index in [1.165, 1.54) is 0 Å². The third-order valence-corrected chi connectivity index (χ3v) is 5.86. The molecule has 0 unspecified atom stereocenters. The van der Waals surface area contributed by atoms with Gasteiger partial charge in [-0.1, -0.05) is 24.3 Å². The van der Waals surface area contributed by atoms with Crippen molar-refractivity contribution in [3.05, 3.63) is 71.0 Å². The Hall–Kier alpha value is -3.98. The van der Waals surface area contributed by atoms with Crippen molar-refractivity contribution in [1.29, 1.82) is 0 Å². The van der Waals surface area contributed by atoms with Gasteiger partial charge < -0.3 is 10.6 Å². The minimum atomic E-state index is -5.07. The maximum Gasteiger partial charge on any atom is 0.433 e. The minimum Gasteiger partial charge on any atom is -0.384 e. The molecule has 2 aromatic carbocycles. The SMILES string of the molecule is FC(F)(F)c1cc(NCCCNc2cc(C(F)(F)F)nc3c(C(F)(F)F)cccc23)c2cccc(C(F)(F)F)c2n1. The van der Waals surface area contributed by atoms with E-state index in [0.717, 1.165) is 24.3 Å². The summed E-state index contributed by atoms with van der Waals surface area (Å²) in [6.07, 6.45) is -20.1. The van der Waals surface area contributed by atoms with Gasteiger partial charge in [-0.05, 0) is 30.7 Å². The first-order valence-corrected chi connectivity index (χ1v) is 11.5. The summed E-state index contributed by atoms with van der Waals surface area (Å²) in [6.45, 7) is -0.356. The lowest BCUT2D eigenvalue weighted by Crippen LogP contribution is -2.15. The van der Waals surface area contributed by atoms with E-state index in [1.54, 1.807) is 0 Å². The number of fused-ring (bicyclic) bond motifs is 2. The number of nitrogens with one attached hydrogen (secondary N) is 2. The fourth-order valence-electron chi connectivity index (χ4n) is 4.07. The molecule has 0 saturated heterocycles. The number of hydrogen-bond acceptors (Lipinski definition) is 4. The van der Waals surface area contributed by atoms with Gasteiger partial charge in [-0.3, -0.25) is 0 Å². The number of aromatic nitrogens is 2. The first-order valence-electron chi connectivity index (χ1n) is 11.5. The van der Waals surface area contributed by atoms with Gasteiger partial charge >= 0.3 is 24.7 Å². The van der Waals surface area contributed by atoms with Gasteiger partial charge in [0.05, 0.1) is 22.2 Å². The second kappa shape index (κ2) is 10.4. The van der Waals surface area contributed by atoms with Crippen LogP contribution in [0, 0.1) is 0 Å². The van der Waals surface area contributed by atoms with Gasteiger partial charge in [0.2, 0.25) is 0 Å². The van der Waals surface area contributed by atoms with E-state index in [2.05, 4.69) is 20.6 Å². The molecule has 220 valence electrons. The largest absolute Gasteiger partial charge is 0.433 e. The molecule has 16 heteroatoms. The van der Waals surface area contributed by atoms with Crippen LogP contribution in [0.1, 0.15) is 28.9 Å². The molecule has 0 aliphatic heterocycles. The van der Waals surface area contributed by atoms with E-state index in [-0.39, 0.29) is 41.7 Å². The van der Waals surface area contributed by atoms with E-state index in [0.29, 0.717) is 24.3 Å². The first kappa shape index (κ1) is 30.0. The molecular formula is C25H16F12N4. The number of pyridine rings is 2. The van der Waals surface area contributed by atoms with Crippen LogP contribution in [0.2, 0.25) is 0 Å². The van der Waals surface area contributed by atoms with Crippen LogP contribution in [0.25, 0.3) is 21.8 Å². The highest BCUT2D eigenvalue weighted by atomic mass is 19.4. The Kier molecular flexibility index (Phi) is 7.64. The quantitative estimate of drug-likeness (QED) is 0.172. The highest BCUT2D eigenvalue weighted by Gasteiger charge is 2.38. The molecule has 4 aromatic rings. The predicted octanol–water partition coefficient (Wildman–Crippen LogP) is 8.77. The molecule has 4 rings (SSSR count). The van der Waals surface area contributed by atoms with E-state index in [9.17, 15) is 52.7 Å². The van der Waals surface area contributed by atoms with Crippen molar-refractivity contribution >= 4 is 33.2 Å². The Labute approximate surface area is 222 Å². The summed E-state index contributed by atoms with van der Waals surface area (Å²) in [5.41, 5.74) is -8.42. The Bertz CT molecular complexity index is 1450. The van der Waals surface area contributed by atoms with E-state index in [1.807, 2.05) is 0 Å². The molecule has 4 nitrogen and oxygen atoms in total. The summed E-state index contributed by atoms with van der Waals surface area (Å²) < 4.78 is 161. The average Bonchev–Trinajstić information content (AvgIpc) is 2.85. The predicted molar refractivity (Wildman–Crippen MR) is 125 cm³/mol. The summed E-state index contributed by atoms with van der Waals surface area (Å²) >= 11 is 0. The molecule has 2 aromatic heterocycles. The summed E-state index contributed by atoms with van der Waals surface area (Å²) in [6, 6.07) is 6.49. The molecule has 2 heterocycles. The van der Waals surface area contributed by atoms with Gasteiger partial charge in [0.1, 0.15) is 11.4 Å². The van der Waals surface area contributed by atoms with Crippen molar-refractivity contribution in [2.45, 2.75) is 31.1 Å². The van der Waals surface area contributed by atoms with Crippen LogP contribution in [0.5, 0.6) is 0 Å². The Morgan fingerprint density at radius 2 is 0.878 bits per heavy atom. The van der Waals surface area contributed by atoms with Gasteiger partial charge in [-0.2, -0.15) is 52.7 Å². The molecule has 0 spiro atoms. The number of nitrogens with zero attached hydrogens (tertiary/aromatic N) is 2. The Morgan fingerprint density at radius 1 is 0.512 bits per heavy atom. The summed E-state index contributed by atoms with van der Waals surface area (Å²) in [5.74, 6) is 0. The number of benzene rings is 2. The number of anilines is 2. The number of para-hydroxylation sites is 2. The second-order valence-corrected chi connectivity index (χ2v) is 8.71. The van der Waals surface area contributed by atoms with Gasteiger partial charge in [0, 0.05) is 35.2 Å². The lowest BCUT2D eigenvalue weighted by Gasteiger charge is -2.17. The number of rotatable bonds is 6. The van der Waals surface area contributed by atoms with Gasteiger partial charge in [-0.15, -0.1) is 0 Å². The van der Waals surface area contributed by atoms with Crippen molar-refractivity contribution in [2.75, 3.05) is 23.7 Å². The van der Waals surface area contributed by atoms with Crippen molar-refractivity contribution < 1.29 is 52.7 Å². The lowest BCUT2D eigenvalue weighted by atomic mass is 10.1. The lowest BCUT2D eigenvalue weighted by molar-refractivity contribution is -0.142. The highest BCUT2D eigenvalue weighted by molar-refractivity contribution is 5.94. The maximum absolute atomic E-state index is 13.4. The zero-order valence-corrected chi connectivity index (χ0v) is 20.2. The summed E-state index contributed by atoms with van der Waals surface area (Å²) in [5, 5.41) is 4.65. The van der Waals surface area contributed by atoms with Gasteiger partial charge in [0.15, 0.2) is 0 Å². The molecule has 0 aliphatic carbocycles. The van der Waals surface area contributed by atoms with Crippen molar-refractivity contribution in [3.63, 3.8) is 0 Å². The minimum absolute atomic E-state index is 0.0196. The fraction of sp³-hybridized carbons (Fsp3) is 0.280. The maximum atomic E-state index is 13.4. The first-order chi connectivity index (χ1) is 18.9. The summed E-state index contributed by atoms with van der Waals surface area (Å²) in [7, 11) is 0. The van der Waals surface area contributed by atoms with Crippen LogP contribution >= 0.6 is 0 Å². The number of hydrogen-bond donors (Lipinski definition) is 2. The van der Waals surface area contributed by atoms with Crippen molar-refractivity contribution in [3.8, 4) is 0 Å². The van der Waals surface area contributed by atoms with Crippen LogP contribution in [-0.4, -0.2) is 23.1 Å². The molecular weight excluding hydrogens is 584 g/mol. The third kappa shape index (κ3) is 6.51. The Balaban J connectivity index is 1.59. The van der Waals surface area contributed by atoms with Crippen molar-refractivity contribution in [1.82, 2.24) is 9.97 Å². The van der Waals surface area contributed by atoms with E-state index >= 15 is 0 Å². The van der Waals surface area contributed by atoms with Crippen LogP contribution in [0.15, 0.2) is 48.5 Å². The van der Waals surface area contributed by atoms with Gasteiger partial charge in [0.25, 0.3) is 0 Å². The topological polar surface area (TPSA) is 49.8 Å². The standard InChI is InChI=1S/C25H16F12N4/c26-22(27,28)14-6-1-4-12-16(10-18(24(32,33)34)40-20(12)14)38-8-3-9-39-17-11-19(25(35,36)37)41-21-13(17)5-2-7-15(21)23(29,30)31/h1-2,4-7,10-11H,3,8-9H2,(H,38,40)(H,39,41). The number of halogens is 12. The van der Waals surface area contributed by atoms with E-state index in [4.69, 9.17) is 0 Å². The fourth-order valence-corrected chi connectivity index (χ4v) is 4.07. The molecule has 0 fully saturated rings. The molecule has 2 N–H and O–H groups in total. The zero-order chi connectivity index (χ0) is 30.4. The van der Waals surface area contributed by atoms with Crippen LogP contribution in [0.3, 0.4) is 0 Å². The smallest absolute Gasteiger partial charge is 0.384 e. The molecule has 41 heavy (non-hydrogen) atoms.